The van der Waals surface area contributed by atoms with Crippen LogP contribution in [0.25, 0.3) is 11.2 Å². The fourth-order valence-electron chi connectivity index (χ4n) is 5.07. The standard InChI is InChI=1S/C27H45N5O7/c1-37-20(34)15-13-11-9-7-5-3-2-4-6-8-10-12-14-16-38-23-19(17-33)39-26(22(23)35)32-18-29-21-24(32)30-27(28)31-25(21)36/h18-19,22-23,26,33,35H,2-17H2,1H3,(H3,28,30,31,36)/t19-,22?,23?,26-/m1/s1. The Hall–Kier alpha value is -2.54. The van der Waals surface area contributed by atoms with E-state index in [9.17, 15) is 19.8 Å². The Morgan fingerprint density at radius 1 is 1.05 bits per heavy atom. The van der Waals surface area contributed by atoms with Gasteiger partial charge in [0.05, 0.1) is 20.0 Å². The Morgan fingerprint density at radius 3 is 2.23 bits per heavy atom. The van der Waals surface area contributed by atoms with Crippen LogP contribution < -0.4 is 11.3 Å². The van der Waals surface area contributed by atoms with E-state index < -0.39 is 30.1 Å². The number of hydrogen-bond acceptors (Lipinski definition) is 10. The minimum Gasteiger partial charge on any atom is -0.469 e. The highest BCUT2D eigenvalue weighted by atomic mass is 16.6. The number of imidazole rings is 1. The van der Waals surface area contributed by atoms with Crippen LogP contribution in [0.5, 0.6) is 0 Å². The Labute approximate surface area is 229 Å². The largest absolute Gasteiger partial charge is 0.469 e. The van der Waals surface area contributed by atoms with Crippen LogP contribution in [-0.4, -0.2) is 74.3 Å². The first-order chi connectivity index (χ1) is 19.0. The number of nitrogen functional groups attached to an aromatic ring is 1. The maximum absolute atomic E-state index is 12.1. The molecule has 0 aliphatic carbocycles. The SMILES string of the molecule is COC(=O)CCCCCCCCCCCCCCCOC1C(O)[C@H](n2cnc3c(=O)[nH]c(N)nc32)O[C@@H]1CO. The first-order valence-corrected chi connectivity index (χ1v) is 14.3. The summed E-state index contributed by atoms with van der Waals surface area (Å²) < 4.78 is 17.9. The zero-order chi connectivity index (χ0) is 28.0. The smallest absolute Gasteiger partial charge is 0.305 e. The van der Waals surface area contributed by atoms with Crippen LogP contribution in [0.4, 0.5) is 5.95 Å². The van der Waals surface area contributed by atoms with Crippen LogP contribution in [0.3, 0.4) is 0 Å². The molecule has 2 unspecified atom stereocenters. The molecule has 1 saturated heterocycles. The predicted octanol–water partition coefficient (Wildman–Crippen LogP) is 2.97. The maximum Gasteiger partial charge on any atom is 0.305 e. The van der Waals surface area contributed by atoms with Crippen LogP contribution in [-0.2, 0) is 19.0 Å². The molecular weight excluding hydrogens is 506 g/mol. The molecule has 12 nitrogen and oxygen atoms in total. The van der Waals surface area contributed by atoms with Crippen molar-refractivity contribution in [2.24, 2.45) is 0 Å². The lowest BCUT2D eigenvalue weighted by Crippen LogP contribution is -2.36. The van der Waals surface area contributed by atoms with Gasteiger partial charge in [0.25, 0.3) is 5.56 Å². The number of esters is 1. The number of nitrogens with one attached hydrogen (secondary N) is 1. The topological polar surface area (TPSA) is 175 Å². The van der Waals surface area contributed by atoms with Crippen molar-refractivity contribution in [1.29, 1.82) is 0 Å². The molecule has 4 atom stereocenters. The zero-order valence-electron chi connectivity index (χ0n) is 23.1. The van der Waals surface area contributed by atoms with Gasteiger partial charge in [0.2, 0.25) is 5.95 Å². The second-order valence-electron chi connectivity index (χ2n) is 10.3. The van der Waals surface area contributed by atoms with Gasteiger partial charge >= 0.3 is 5.97 Å². The molecule has 0 saturated carbocycles. The van der Waals surface area contributed by atoms with Crippen LogP contribution in [0.2, 0.25) is 0 Å². The number of ether oxygens (including phenoxy) is 3. The van der Waals surface area contributed by atoms with Crippen molar-refractivity contribution < 1.29 is 29.2 Å². The first-order valence-electron chi connectivity index (χ1n) is 14.3. The average molecular weight is 552 g/mol. The van der Waals surface area contributed by atoms with E-state index in [1.165, 1.54) is 69.4 Å². The number of rotatable bonds is 19. The van der Waals surface area contributed by atoms with Gasteiger partial charge in [-0.2, -0.15) is 4.98 Å². The number of nitrogens with zero attached hydrogens (tertiary/aromatic N) is 3. The van der Waals surface area contributed by atoms with Gasteiger partial charge in [0.15, 0.2) is 17.4 Å². The fourth-order valence-corrected chi connectivity index (χ4v) is 5.07. The van der Waals surface area contributed by atoms with Crippen LogP contribution in [0, 0.1) is 0 Å². The third kappa shape index (κ3) is 9.26. The summed E-state index contributed by atoms with van der Waals surface area (Å²) in [5.74, 6) is -0.174. The molecule has 0 bridgehead atoms. The van der Waals surface area contributed by atoms with E-state index >= 15 is 0 Å². The summed E-state index contributed by atoms with van der Waals surface area (Å²) in [5.41, 5.74) is 5.48. The maximum atomic E-state index is 12.1. The van der Waals surface area contributed by atoms with Crippen LogP contribution in [0.15, 0.2) is 11.1 Å². The normalized spacial score (nSPS) is 21.1. The van der Waals surface area contributed by atoms with Crippen molar-refractivity contribution in [3.8, 4) is 0 Å². The number of carbonyl (C=O) groups excluding carboxylic acids is 1. The summed E-state index contributed by atoms with van der Waals surface area (Å²) in [5, 5.41) is 20.7. The van der Waals surface area contributed by atoms with Crippen molar-refractivity contribution in [3.63, 3.8) is 0 Å². The molecule has 3 rings (SSSR count). The Kier molecular flexibility index (Phi) is 13.1. The van der Waals surface area contributed by atoms with Crippen molar-refractivity contribution in [3.05, 3.63) is 16.7 Å². The number of aliphatic hydroxyl groups is 2. The van der Waals surface area contributed by atoms with Crippen molar-refractivity contribution >= 4 is 23.1 Å². The number of fused-ring (bicyclic) bond motifs is 1. The van der Waals surface area contributed by atoms with Gasteiger partial charge in [-0.25, -0.2) is 4.98 Å². The number of aromatic nitrogens is 4. The number of anilines is 1. The molecule has 1 aliphatic heterocycles. The number of H-pyrrole nitrogens is 1. The summed E-state index contributed by atoms with van der Waals surface area (Å²) >= 11 is 0. The fraction of sp³-hybridized carbons (Fsp3) is 0.778. The molecule has 1 fully saturated rings. The van der Waals surface area contributed by atoms with Crippen molar-refractivity contribution in [1.82, 2.24) is 19.5 Å². The minimum absolute atomic E-state index is 0.0613. The van der Waals surface area contributed by atoms with E-state index in [4.69, 9.17) is 15.2 Å². The van der Waals surface area contributed by atoms with E-state index in [1.54, 1.807) is 0 Å². The van der Waals surface area contributed by atoms with Gasteiger partial charge in [-0.3, -0.25) is 19.1 Å². The van der Waals surface area contributed by atoms with E-state index in [2.05, 4.69) is 19.7 Å². The molecule has 0 amide bonds. The predicted molar refractivity (Wildman–Crippen MR) is 146 cm³/mol. The number of hydrogen-bond donors (Lipinski definition) is 4. The highest BCUT2D eigenvalue weighted by molar-refractivity contribution is 5.70. The first kappa shape index (κ1) is 31.0. The second kappa shape index (κ2) is 16.5. The van der Waals surface area contributed by atoms with Gasteiger partial charge in [0.1, 0.15) is 18.3 Å². The Balaban J connectivity index is 1.24. The quantitative estimate of drug-likeness (QED) is 0.150. The molecule has 0 aromatic carbocycles. The van der Waals surface area contributed by atoms with Crippen LogP contribution >= 0.6 is 0 Å². The lowest BCUT2D eigenvalue weighted by Gasteiger charge is -2.20. The minimum atomic E-state index is -1.07. The number of nitrogens with two attached hydrogens (primary N) is 1. The lowest BCUT2D eigenvalue weighted by molar-refractivity contribution is -0.140. The number of carbonyl (C=O) groups is 1. The highest BCUT2D eigenvalue weighted by Crippen LogP contribution is 2.33. The average Bonchev–Trinajstić information content (AvgIpc) is 3.48. The molecule has 1 aliphatic rings. The molecule has 2 aromatic heterocycles. The Bertz CT molecular complexity index is 1060. The van der Waals surface area contributed by atoms with Gasteiger partial charge in [-0.1, -0.05) is 70.6 Å². The molecule has 0 radical (unpaired) electrons. The summed E-state index contributed by atoms with van der Waals surface area (Å²) in [7, 11) is 1.44. The summed E-state index contributed by atoms with van der Waals surface area (Å²) in [4.78, 5) is 33.7. The molecular formula is C27H45N5O7. The molecule has 3 heterocycles. The number of unbranched alkanes of at least 4 members (excludes halogenated alkanes) is 12. The molecule has 2 aromatic rings. The highest BCUT2D eigenvalue weighted by Gasteiger charge is 2.45. The van der Waals surface area contributed by atoms with Crippen LogP contribution in [0.1, 0.15) is 96.1 Å². The molecule has 5 N–H and O–H groups in total. The van der Waals surface area contributed by atoms with Gasteiger partial charge < -0.3 is 30.2 Å². The molecule has 220 valence electrons. The zero-order valence-corrected chi connectivity index (χ0v) is 23.1. The summed E-state index contributed by atoms with van der Waals surface area (Å²) in [6, 6.07) is 0. The van der Waals surface area contributed by atoms with Gasteiger partial charge in [-0.15, -0.1) is 0 Å². The van der Waals surface area contributed by atoms with Gasteiger partial charge in [-0.05, 0) is 12.8 Å². The van der Waals surface area contributed by atoms with Crippen molar-refractivity contribution in [2.45, 2.75) is 114 Å². The summed E-state index contributed by atoms with van der Waals surface area (Å²) in [6.45, 7) is 0.153. The van der Waals surface area contributed by atoms with E-state index in [0.717, 1.165) is 32.1 Å². The van der Waals surface area contributed by atoms with E-state index in [0.29, 0.717) is 13.0 Å². The molecule has 12 heteroatoms. The summed E-state index contributed by atoms with van der Waals surface area (Å²) in [6.07, 6.45) is 13.5. The van der Waals surface area contributed by atoms with E-state index in [-0.39, 0.29) is 29.7 Å². The number of methoxy groups -OCH3 is 1. The third-order valence-corrected chi connectivity index (χ3v) is 7.28. The molecule has 39 heavy (non-hydrogen) atoms. The third-order valence-electron chi connectivity index (χ3n) is 7.28. The Morgan fingerprint density at radius 2 is 1.64 bits per heavy atom. The molecule has 0 spiro atoms. The number of aromatic amines is 1. The number of aliphatic hydroxyl groups excluding tert-OH is 2. The van der Waals surface area contributed by atoms with Crippen molar-refractivity contribution in [2.75, 3.05) is 26.1 Å². The second-order valence-corrected chi connectivity index (χ2v) is 10.3. The van der Waals surface area contributed by atoms with Gasteiger partial charge in [0, 0.05) is 13.0 Å². The lowest BCUT2D eigenvalue weighted by atomic mass is 10.0. The monoisotopic (exact) mass is 551 g/mol. The van der Waals surface area contributed by atoms with E-state index in [1.807, 2.05) is 0 Å².